The Labute approximate surface area is 133 Å². The predicted molar refractivity (Wildman–Crippen MR) is 85.6 cm³/mol. The van der Waals surface area contributed by atoms with E-state index in [1.54, 1.807) is 18.0 Å². The first-order valence-corrected chi connectivity index (χ1v) is 7.10. The highest BCUT2D eigenvalue weighted by molar-refractivity contribution is 6.33. The van der Waals surface area contributed by atoms with Gasteiger partial charge in [-0.15, -0.1) is 0 Å². The van der Waals surface area contributed by atoms with Crippen LogP contribution in [0.25, 0.3) is 0 Å². The number of pyridine rings is 1. The number of nitrogen functional groups attached to an aromatic ring is 1. The van der Waals surface area contributed by atoms with Crippen molar-refractivity contribution in [2.75, 3.05) is 12.8 Å². The van der Waals surface area contributed by atoms with Gasteiger partial charge < -0.3 is 10.6 Å². The first-order valence-electron chi connectivity index (χ1n) is 6.34. The van der Waals surface area contributed by atoms with Gasteiger partial charge in [0.2, 0.25) is 0 Å². The van der Waals surface area contributed by atoms with Gasteiger partial charge in [0, 0.05) is 12.1 Å². The maximum Gasteiger partial charge on any atom is 0.257 e. The summed E-state index contributed by atoms with van der Waals surface area (Å²) >= 11 is 12.2. The number of nitrogens with zero attached hydrogens (tertiary/aromatic N) is 2. The standard InChI is InChI=1S/C15H15Cl2N3O/c1-9(11-5-3-4-6-13(11)16)20(2)15(21)12-7-10(18)8-19-14(12)17/h3-9H,18H2,1-2H3. The van der Waals surface area contributed by atoms with Crippen LogP contribution in [0.3, 0.4) is 0 Å². The lowest BCUT2D eigenvalue weighted by molar-refractivity contribution is 0.0742. The second-order valence-corrected chi connectivity index (χ2v) is 5.49. The number of carbonyl (C=O) groups excluding carboxylic acids is 1. The lowest BCUT2D eigenvalue weighted by atomic mass is 10.1. The number of anilines is 1. The zero-order valence-corrected chi connectivity index (χ0v) is 13.2. The van der Waals surface area contributed by atoms with E-state index in [9.17, 15) is 4.79 Å². The van der Waals surface area contributed by atoms with Crippen molar-refractivity contribution >= 4 is 34.8 Å². The Bertz CT molecular complexity index is 676. The largest absolute Gasteiger partial charge is 0.397 e. The molecule has 1 atom stereocenters. The molecule has 0 spiro atoms. The topological polar surface area (TPSA) is 59.2 Å². The molecular formula is C15H15Cl2N3O. The molecular weight excluding hydrogens is 309 g/mol. The van der Waals surface area contributed by atoms with Crippen molar-refractivity contribution in [3.05, 3.63) is 57.8 Å². The number of aromatic nitrogens is 1. The molecule has 0 fully saturated rings. The van der Waals surface area contributed by atoms with Crippen LogP contribution in [0.2, 0.25) is 10.2 Å². The third-order valence-corrected chi connectivity index (χ3v) is 3.99. The Morgan fingerprint density at radius 1 is 1.33 bits per heavy atom. The molecule has 2 N–H and O–H groups in total. The van der Waals surface area contributed by atoms with Crippen LogP contribution in [0.15, 0.2) is 36.5 Å². The lowest BCUT2D eigenvalue weighted by Crippen LogP contribution is -2.30. The van der Waals surface area contributed by atoms with E-state index in [-0.39, 0.29) is 22.7 Å². The quantitative estimate of drug-likeness (QED) is 0.874. The summed E-state index contributed by atoms with van der Waals surface area (Å²) in [6.45, 7) is 1.90. The average molecular weight is 324 g/mol. The fraction of sp³-hybridized carbons (Fsp3) is 0.200. The third-order valence-electron chi connectivity index (χ3n) is 3.35. The molecule has 0 saturated carbocycles. The minimum Gasteiger partial charge on any atom is -0.397 e. The summed E-state index contributed by atoms with van der Waals surface area (Å²) in [5.41, 5.74) is 7.19. The molecule has 4 nitrogen and oxygen atoms in total. The fourth-order valence-corrected chi connectivity index (χ4v) is 2.48. The second kappa shape index (κ2) is 6.33. The van der Waals surface area contributed by atoms with Gasteiger partial charge in [0.05, 0.1) is 23.5 Å². The van der Waals surface area contributed by atoms with E-state index in [2.05, 4.69) is 4.98 Å². The van der Waals surface area contributed by atoms with Crippen LogP contribution in [0.1, 0.15) is 28.9 Å². The van der Waals surface area contributed by atoms with Gasteiger partial charge in [0.15, 0.2) is 0 Å². The summed E-state index contributed by atoms with van der Waals surface area (Å²) in [7, 11) is 1.69. The average Bonchev–Trinajstić information content (AvgIpc) is 2.48. The molecule has 1 aromatic carbocycles. The van der Waals surface area contributed by atoms with Crippen molar-refractivity contribution in [3.8, 4) is 0 Å². The Hall–Kier alpha value is -1.78. The van der Waals surface area contributed by atoms with E-state index in [1.165, 1.54) is 12.3 Å². The molecule has 0 saturated heterocycles. The van der Waals surface area contributed by atoms with Gasteiger partial charge in [0.25, 0.3) is 5.91 Å². The summed E-state index contributed by atoms with van der Waals surface area (Å²) in [6, 6.07) is 8.72. The molecule has 0 aliphatic carbocycles. The fourth-order valence-electron chi connectivity index (χ4n) is 2.00. The Morgan fingerprint density at radius 3 is 2.67 bits per heavy atom. The van der Waals surface area contributed by atoms with Crippen LogP contribution < -0.4 is 5.73 Å². The number of amides is 1. The van der Waals surface area contributed by atoms with Crippen molar-refractivity contribution in [1.29, 1.82) is 0 Å². The van der Waals surface area contributed by atoms with Gasteiger partial charge in [-0.05, 0) is 24.6 Å². The van der Waals surface area contributed by atoms with Gasteiger partial charge in [-0.25, -0.2) is 4.98 Å². The SMILES string of the molecule is CC(c1ccccc1Cl)N(C)C(=O)c1cc(N)cnc1Cl. The van der Waals surface area contributed by atoms with E-state index in [0.717, 1.165) is 5.56 Å². The normalized spacial score (nSPS) is 12.0. The number of nitrogens with two attached hydrogens (primary N) is 1. The van der Waals surface area contributed by atoms with Crippen LogP contribution in [-0.2, 0) is 0 Å². The van der Waals surface area contributed by atoms with Crippen LogP contribution in [0.5, 0.6) is 0 Å². The molecule has 0 aliphatic heterocycles. The summed E-state index contributed by atoms with van der Waals surface area (Å²) in [5.74, 6) is -0.257. The molecule has 0 radical (unpaired) electrons. The first-order chi connectivity index (χ1) is 9.91. The summed E-state index contributed by atoms with van der Waals surface area (Å²) < 4.78 is 0. The molecule has 1 amide bonds. The number of hydrogen-bond acceptors (Lipinski definition) is 3. The van der Waals surface area contributed by atoms with E-state index in [1.807, 2.05) is 25.1 Å². The van der Waals surface area contributed by atoms with Crippen molar-refractivity contribution in [3.63, 3.8) is 0 Å². The van der Waals surface area contributed by atoms with E-state index in [4.69, 9.17) is 28.9 Å². The zero-order chi connectivity index (χ0) is 15.6. The van der Waals surface area contributed by atoms with Gasteiger partial charge in [-0.1, -0.05) is 41.4 Å². The lowest BCUT2D eigenvalue weighted by Gasteiger charge is -2.26. The molecule has 0 aliphatic rings. The maximum atomic E-state index is 12.5. The van der Waals surface area contributed by atoms with Crippen molar-refractivity contribution in [2.45, 2.75) is 13.0 Å². The highest BCUT2D eigenvalue weighted by Crippen LogP contribution is 2.28. The van der Waals surface area contributed by atoms with Gasteiger partial charge in [0.1, 0.15) is 5.15 Å². The third kappa shape index (κ3) is 3.28. The van der Waals surface area contributed by atoms with Gasteiger partial charge in [-0.3, -0.25) is 4.79 Å². The zero-order valence-electron chi connectivity index (χ0n) is 11.7. The Morgan fingerprint density at radius 2 is 2.00 bits per heavy atom. The summed E-state index contributed by atoms with van der Waals surface area (Å²) in [6.07, 6.45) is 1.41. The minimum atomic E-state index is -0.257. The smallest absolute Gasteiger partial charge is 0.257 e. The molecule has 0 bridgehead atoms. The molecule has 1 unspecified atom stereocenters. The number of benzene rings is 1. The maximum absolute atomic E-state index is 12.5. The van der Waals surface area contributed by atoms with Gasteiger partial charge in [-0.2, -0.15) is 0 Å². The molecule has 2 rings (SSSR count). The van der Waals surface area contributed by atoms with Gasteiger partial charge >= 0.3 is 0 Å². The predicted octanol–water partition coefficient (Wildman–Crippen LogP) is 3.80. The Balaban J connectivity index is 2.31. The summed E-state index contributed by atoms with van der Waals surface area (Å²) in [4.78, 5) is 18.0. The van der Waals surface area contributed by atoms with Crippen LogP contribution in [0, 0.1) is 0 Å². The first kappa shape index (κ1) is 15.6. The van der Waals surface area contributed by atoms with Crippen molar-refractivity contribution in [2.24, 2.45) is 0 Å². The van der Waals surface area contributed by atoms with E-state index < -0.39 is 0 Å². The van der Waals surface area contributed by atoms with Crippen molar-refractivity contribution < 1.29 is 4.79 Å². The summed E-state index contributed by atoms with van der Waals surface area (Å²) in [5, 5.41) is 0.744. The Kier molecular flexibility index (Phi) is 4.70. The molecule has 2 aromatic rings. The minimum absolute atomic E-state index is 0.132. The highest BCUT2D eigenvalue weighted by atomic mass is 35.5. The molecule has 110 valence electrons. The van der Waals surface area contributed by atoms with Crippen LogP contribution in [-0.4, -0.2) is 22.8 Å². The molecule has 6 heteroatoms. The molecule has 21 heavy (non-hydrogen) atoms. The van der Waals surface area contributed by atoms with Crippen LogP contribution >= 0.6 is 23.2 Å². The van der Waals surface area contributed by atoms with Crippen LogP contribution in [0.4, 0.5) is 5.69 Å². The van der Waals surface area contributed by atoms with E-state index in [0.29, 0.717) is 10.7 Å². The number of carbonyl (C=O) groups is 1. The number of hydrogen-bond donors (Lipinski definition) is 1. The number of rotatable bonds is 3. The van der Waals surface area contributed by atoms with Crippen molar-refractivity contribution in [1.82, 2.24) is 9.88 Å². The van der Waals surface area contributed by atoms with E-state index >= 15 is 0 Å². The number of halogens is 2. The second-order valence-electron chi connectivity index (χ2n) is 4.72. The molecule has 1 heterocycles. The molecule has 1 aromatic heterocycles. The highest BCUT2D eigenvalue weighted by Gasteiger charge is 2.22. The monoisotopic (exact) mass is 323 g/mol.